The molecule has 1 aromatic heterocycles. The van der Waals surface area contributed by atoms with Gasteiger partial charge in [0.1, 0.15) is 0 Å². The third-order valence-corrected chi connectivity index (χ3v) is 9.51. The lowest BCUT2D eigenvalue weighted by Crippen LogP contribution is -2.25. The van der Waals surface area contributed by atoms with E-state index < -0.39 is 38.6 Å². The van der Waals surface area contributed by atoms with E-state index in [2.05, 4.69) is 4.98 Å². The summed E-state index contributed by atoms with van der Waals surface area (Å²) in [7, 11) is -8.19. The normalized spacial score (nSPS) is 12.3. The maximum atomic E-state index is 13.4. The molecule has 0 bridgehead atoms. The fraction of sp³-hybridized carbons (Fsp3) is 0.588. The largest absolute Gasteiger partial charge is 0.346 e. The molecular weight excluding hydrogens is 408 g/mol. The van der Waals surface area contributed by atoms with Crippen molar-refractivity contribution in [2.24, 2.45) is 0 Å². The Kier molecular flexibility index (Phi) is 10.4. The SMILES string of the molecule is CCOP(=O)(OCC)C(CC(=O)C(=O)c1cccnc1)P(=O)(OCC)OCC. The lowest BCUT2D eigenvalue weighted by molar-refractivity contribution is -0.115. The molecule has 28 heavy (non-hydrogen) atoms. The second kappa shape index (κ2) is 11.7. The molecule has 1 aromatic rings. The van der Waals surface area contributed by atoms with Gasteiger partial charge in [-0.3, -0.25) is 23.7 Å². The first kappa shape index (κ1) is 24.8. The summed E-state index contributed by atoms with van der Waals surface area (Å²) in [6, 6.07) is 2.94. The predicted octanol–water partition coefficient (Wildman–Crippen LogP) is 4.08. The minimum absolute atomic E-state index is 0.0171. The second-order valence-corrected chi connectivity index (χ2v) is 10.3. The number of pyridine rings is 1. The molecule has 0 aromatic carbocycles. The number of carbonyl (C=O) groups excluding carboxylic acids is 2. The van der Waals surface area contributed by atoms with Crippen molar-refractivity contribution in [3.8, 4) is 0 Å². The lowest BCUT2D eigenvalue weighted by atomic mass is 10.1. The summed E-state index contributed by atoms with van der Waals surface area (Å²) in [4.78, 5) is 28.9. The Morgan fingerprint density at radius 1 is 0.929 bits per heavy atom. The second-order valence-electron chi connectivity index (χ2n) is 5.43. The summed E-state index contributed by atoms with van der Waals surface area (Å²) in [5, 5.41) is -1.56. The number of rotatable bonds is 14. The van der Waals surface area contributed by atoms with Crippen LogP contribution >= 0.6 is 15.2 Å². The van der Waals surface area contributed by atoms with Crippen LogP contribution in [0.3, 0.4) is 0 Å². The molecular formula is C17H27NO8P2. The van der Waals surface area contributed by atoms with E-state index in [4.69, 9.17) is 18.1 Å². The first-order valence-electron chi connectivity index (χ1n) is 9.03. The van der Waals surface area contributed by atoms with Gasteiger partial charge in [-0.2, -0.15) is 0 Å². The number of carbonyl (C=O) groups is 2. The first-order valence-corrected chi connectivity index (χ1v) is 12.2. The maximum absolute atomic E-state index is 13.4. The van der Waals surface area contributed by atoms with Crippen molar-refractivity contribution in [3.63, 3.8) is 0 Å². The van der Waals surface area contributed by atoms with Gasteiger partial charge in [0, 0.05) is 24.4 Å². The number of hydrogen-bond acceptors (Lipinski definition) is 9. The zero-order valence-electron chi connectivity index (χ0n) is 16.5. The molecule has 0 N–H and O–H groups in total. The number of aromatic nitrogens is 1. The Balaban J connectivity index is 3.33. The van der Waals surface area contributed by atoms with Gasteiger partial charge in [-0.25, -0.2) is 0 Å². The van der Waals surface area contributed by atoms with E-state index in [1.165, 1.54) is 24.5 Å². The standard InChI is InChI=1S/C17H27NO8P2/c1-5-23-27(21,24-6-2)16(28(22,25-7-3)26-8-4)12-15(19)17(20)14-10-9-11-18-13-14/h9-11,13,16H,5-8,12H2,1-4H3. The monoisotopic (exact) mass is 435 g/mol. The van der Waals surface area contributed by atoms with E-state index in [-0.39, 0.29) is 32.0 Å². The van der Waals surface area contributed by atoms with Crippen molar-refractivity contribution < 1.29 is 36.8 Å². The average molecular weight is 435 g/mol. The molecule has 0 spiro atoms. The van der Waals surface area contributed by atoms with Gasteiger partial charge in [-0.05, 0) is 39.8 Å². The third kappa shape index (κ3) is 6.41. The maximum Gasteiger partial charge on any atom is 0.346 e. The van der Waals surface area contributed by atoms with Crippen molar-refractivity contribution in [1.29, 1.82) is 0 Å². The Hall–Kier alpha value is -1.21. The summed E-state index contributed by atoms with van der Waals surface area (Å²) >= 11 is 0. The topological polar surface area (TPSA) is 118 Å². The highest BCUT2D eigenvalue weighted by Gasteiger charge is 2.52. The molecule has 0 aliphatic rings. The third-order valence-electron chi connectivity index (χ3n) is 3.51. The number of nitrogens with zero attached hydrogens (tertiary/aromatic N) is 1. The van der Waals surface area contributed by atoms with Crippen LogP contribution in [0, 0.1) is 0 Å². The van der Waals surface area contributed by atoms with E-state index in [1.54, 1.807) is 27.7 Å². The minimum Gasteiger partial charge on any atom is -0.308 e. The molecule has 0 saturated heterocycles. The highest BCUT2D eigenvalue weighted by Crippen LogP contribution is 2.71. The molecule has 158 valence electrons. The molecule has 0 saturated carbocycles. The Labute approximate surface area is 165 Å². The quantitative estimate of drug-likeness (QED) is 0.242. The van der Waals surface area contributed by atoms with Crippen LogP contribution in [0.15, 0.2) is 24.5 Å². The molecule has 1 rings (SSSR count). The fourth-order valence-corrected chi connectivity index (χ4v) is 7.69. The Morgan fingerprint density at radius 2 is 1.39 bits per heavy atom. The van der Waals surface area contributed by atoms with Gasteiger partial charge < -0.3 is 18.1 Å². The van der Waals surface area contributed by atoms with Crippen LogP contribution in [0.25, 0.3) is 0 Å². The zero-order valence-corrected chi connectivity index (χ0v) is 18.3. The highest BCUT2D eigenvalue weighted by atomic mass is 31.2. The summed E-state index contributed by atoms with van der Waals surface area (Å²) < 4.78 is 47.8. The lowest BCUT2D eigenvalue weighted by Gasteiger charge is -2.30. The van der Waals surface area contributed by atoms with Gasteiger partial charge >= 0.3 is 15.2 Å². The summed E-state index contributed by atoms with van der Waals surface area (Å²) in [5.74, 6) is -1.77. The van der Waals surface area contributed by atoms with Gasteiger partial charge in [-0.1, -0.05) is 0 Å². The predicted molar refractivity (Wildman–Crippen MR) is 104 cm³/mol. The molecule has 0 aliphatic heterocycles. The van der Waals surface area contributed by atoms with E-state index in [9.17, 15) is 18.7 Å². The molecule has 9 nitrogen and oxygen atoms in total. The molecule has 0 unspecified atom stereocenters. The molecule has 0 atom stereocenters. The average Bonchev–Trinajstić information content (AvgIpc) is 2.66. The van der Waals surface area contributed by atoms with E-state index in [1.807, 2.05) is 0 Å². The van der Waals surface area contributed by atoms with Crippen LogP contribution in [0.4, 0.5) is 0 Å². The van der Waals surface area contributed by atoms with Gasteiger partial charge in [0.25, 0.3) is 0 Å². The van der Waals surface area contributed by atoms with Crippen LogP contribution < -0.4 is 0 Å². The fourth-order valence-electron chi connectivity index (χ4n) is 2.45. The number of ketones is 2. The van der Waals surface area contributed by atoms with Crippen molar-refractivity contribution >= 4 is 26.8 Å². The Bertz CT molecular complexity index is 690. The van der Waals surface area contributed by atoms with Crippen molar-refractivity contribution in [2.75, 3.05) is 26.4 Å². The van der Waals surface area contributed by atoms with Crippen LogP contribution in [0.5, 0.6) is 0 Å². The molecule has 0 fully saturated rings. The number of hydrogen-bond donors (Lipinski definition) is 0. The van der Waals surface area contributed by atoms with Gasteiger partial charge in [0.15, 0.2) is 5.40 Å². The van der Waals surface area contributed by atoms with Gasteiger partial charge in [-0.15, -0.1) is 0 Å². The highest BCUT2D eigenvalue weighted by molar-refractivity contribution is 7.72. The van der Waals surface area contributed by atoms with E-state index in [0.717, 1.165) is 0 Å². The van der Waals surface area contributed by atoms with Gasteiger partial charge in [0.05, 0.1) is 26.4 Å². The summed E-state index contributed by atoms with van der Waals surface area (Å²) in [6.45, 7) is 6.26. The molecule has 11 heteroatoms. The van der Waals surface area contributed by atoms with Crippen LogP contribution in [0.2, 0.25) is 0 Å². The summed E-state index contributed by atoms with van der Waals surface area (Å²) in [5.41, 5.74) is 0.0663. The molecule has 0 aliphatic carbocycles. The van der Waals surface area contributed by atoms with Crippen molar-refractivity contribution in [2.45, 2.75) is 39.5 Å². The number of Topliss-reactive ketones (excluding diaryl/α,β-unsaturated/α-hetero) is 2. The molecule has 0 amide bonds. The molecule has 0 radical (unpaired) electrons. The minimum atomic E-state index is -4.10. The Morgan fingerprint density at radius 3 is 1.75 bits per heavy atom. The summed E-state index contributed by atoms with van der Waals surface area (Å²) in [6.07, 6.45) is 2.02. The van der Waals surface area contributed by atoms with Crippen LogP contribution in [-0.4, -0.2) is 48.4 Å². The first-order chi connectivity index (χ1) is 13.3. The smallest absolute Gasteiger partial charge is 0.308 e. The zero-order chi connectivity index (χ0) is 21.2. The van der Waals surface area contributed by atoms with Crippen LogP contribution in [0.1, 0.15) is 44.5 Å². The van der Waals surface area contributed by atoms with E-state index in [0.29, 0.717) is 0 Å². The van der Waals surface area contributed by atoms with Gasteiger partial charge in [0.2, 0.25) is 11.6 Å². The van der Waals surface area contributed by atoms with Crippen LogP contribution in [-0.2, 0) is 32.0 Å². The van der Waals surface area contributed by atoms with Crippen molar-refractivity contribution in [3.05, 3.63) is 30.1 Å². The van der Waals surface area contributed by atoms with Crippen molar-refractivity contribution in [1.82, 2.24) is 4.98 Å². The molecule has 1 heterocycles. The van der Waals surface area contributed by atoms with E-state index >= 15 is 0 Å².